The van der Waals surface area contributed by atoms with Gasteiger partial charge in [0.05, 0.1) is 18.7 Å². The lowest BCUT2D eigenvalue weighted by molar-refractivity contribution is -0.144. The fourth-order valence-corrected chi connectivity index (χ4v) is 2.19. The van der Waals surface area contributed by atoms with Crippen LogP contribution in [0.1, 0.15) is 23.4 Å². The number of hydrogen-bond acceptors (Lipinski definition) is 4. The summed E-state index contributed by atoms with van der Waals surface area (Å²) in [6, 6.07) is 9.76. The van der Waals surface area contributed by atoms with Crippen molar-refractivity contribution in [1.29, 1.82) is 0 Å². The summed E-state index contributed by atoms with van der Waals surface area (Å²) in [5, 5.41) is 4.31. The van der Waals surface area contributed by atoms with E-state index in [4.69, 9.17) is 9.47 Å². The summed E-state index contributed by atoms with van der Waals surface area (Å²) in [6.45, 7) is 7.06. The molecule has 0 aliphatic heterocycles. The number of benzene rings is 1. The maximum absolute atomic E-state index is 11.7. The average Bonchev–Trinajstić information content (AvgIpc) is 2.79. The quantitative estimate of drug-likeness (QED) is 0.583. The van der Waals surface area contributed by atoms with E-state index in [1.807, 2.05) is 55.8 Å². The Morgan fingerprint density at radius 3 is 2.68 bits per heavy atom. The second-order valence-corrected chi connectivity index (χ2v) is 5.29. The van der Waals surface area contributed by atoms with Crippen LogP contribution >= 0.6 is 0 Å². The van der Waals surface area contributed by atoms with E-state index in [1.54, 1.807) is 0 Å². The SMILES string of the molecule is Cc1cccc(OCCOC(=O)CCn2nc(C)cc2C)c1. The van der Waals surface area contributed by atoms with Crippen LogP contribution < -0.4 is 4.74 Å². The van der Waals surface area contributed by atoms with Crippen LogP contribution in [0, 0.1) is 20.8 Å². The van der Waals surface area contributed by atoms with Crippen molar-refractivity contribution in [2.75, 3.05) is 13.2 Å². The normalized spacial score (nSPS) is 10.5. The van der Waals surface area contributed by atoms with Crippen molar-refractivity contribution in [3.05, 3.63) is 47.3 Å². The minimum absolute atomic E-state index is 0.236. The van der Waals surface area contributed by atoms with Crippen molar-refractivity contribution in [2.45, 2.75) is 33.7 Å². The first-order chi connectivity index (χ1) is 10.5. The van der Waals surface area contributed by atoms with Gasteiger partial charge in [-0.2, -0.15) is 5.10 Å². The lowest BCUT2D eigenvalue weighted by Gasteiger charge is -2.08. The van der Waals surface area contributed by atoms with E-state index in [0.29, 0.717) is 19.6 Å². The highest BCUT2D eigenvalue weighted by molar-refractivity contribution is 5.69. The maximum Gasteiger partial charge on any atom is 0.307 e. The highest BCUT2D eigenvalue weighted by Gasteiger charge is 2.06. The summed E-state index contributed by atoms with van der Waals surface area (Å²) < 4.78 is 12.5. The number of ether oxygens (including phenoxy) is 2. The molecule has 5 nitrogen and oxygen atoms in total. The topological polar surface area (TPSA) is 53.4 Å². The largest absolute Gasteiger partial charge is 0.490 e. The van der Waals surface area contributed by atoms with Crippen LogP contribution in [-0.4, -0.2) is 29.0 Å². The van der Waals surface area contributed by atoms with Crippen molar-refractivity contribution in [1.82, 2.24) is 9.78 Å². The minimum atomic E-state index is -0.236. The van der Waals surface area contributed by atoms with Gasteiger partial charge in [0.15, 0.2) is 0 Å². The Balaban J connectivity index is 1.64. The van der Waals surface area contributed by atoms with Crippen LogP contribution in [-0.2, 0) is 16.1 Å². The van der Waals surface area contributed by atoms with Crippen LogP contribution in [0.4, 0.5) is 0 Å². The molecule has 0 fully saturated rings. The van der Waals surface area contributed by atoms with Gasteiger partial charge in [-0.1, -0.05) is 12.1 Å². The van der Waals surface area contributed by atoms with Gasteiger partial charge >= 0.3 is 5.97 Å². The van der Waals surface area contributed by atoms with E-state index < -0.39 is 0 Å². The van der Waals surface area contributed by atoms with Gasteiger partial charge in [0.1, 0.15) is 19.0 Å². The molecular weight excluding hydrogens is 280 g/mol. The van der Waals surface area contributed by atoms with Gasteiger partial charge in [0.25, 0.3) is 0 Å². The summed E-state index contributed by atoms with van der Waals surface area (Å²) in [6.07, 6.45) is 0.312. The summed E-state index contributed by atoms with van der Waals surface area (Å²) in [5.41, 5.74) is 3.14. The highest BCUT2D eigenvalue weighted by Crippen LogP contribution is 2.12. The van der Waals surface area contributed by atoms with E-state index in [0.717, 1.165) is 22.7 Å². The van der Waals surface area contributed by atoms with E-state index >= 15 is 0 Å². The molecule has 22 heavy (non-hydrogen) atoms. The number of esters is 1. The number of aromatic nitrogens is 2. The summed E-state index contributed by atoms with van der Waals surface area (Å²) in [7, 11) is 0. The van der Waals surface area contributed by atoms with E-state index in [1.165, 1.54) is 0 Å². The van der Waals surface area contributed by atoms with Crippen LogP contribution in [0.5, 0.6) is 5.75 Å². The Bertz CT molecular complexity index is 635. The summed E-state index contributed by atoms with van der Waals surface area (Å²) in [5.74, 6) is 0.555. The molecule has 1 aromatic heterocycles. The Morgan fingerprint density at radius 1 is 1.18 bits per heavy atom. The fourth-order valence-electron chi connectivity index (χ4n) is 2.19. The standard InChI is InChI=1S/C17H22N2O3/c1-13-5-4-6-16(11-13)21-9-10-22-17(20)7-8-19-15(3)12-14(2)18-19/h4-6,11-12H,7-10H2,1-3H3. The van der Waals surface area contributed by atoms with Gasteiger partial charge in [-0.15, -0.1) is 0 Å². The molecule has 1 aromatic carbocycles. The summed E-state index contributed by atoms with van der Waals surface area (Å²) >= 11 is 0. The van der Waals surface area contributed by atoms with Crippen molar-refractivity contribution in [3.8, 4) is 5.75 Å². The van der Waals surface area contributed by atoms with Crippen molar-refractivity contribution >= 4 is 5.97 Å². The second kappa shape index (κ2) is 7.64. The Hall–Kier alpha value is -2.30. The molecule has 2 rings (SSSR count). The number of carbonyl (C=O) groups excluding carboxylic acids is 1. The monoisotopic (exact) mass is 302 g/mol. The average molecular weight is 302 g/mol. The lowest BCUT2D eigenvalue weighted by atomic mass is 10.2. The molecule has 0 unspecified atom stereocenters. The van der Waals surface area contributed by atoms with Crippen LogP contribution in [0.25, 0.3) is 0 Å². The molecule has 0 amide bonds. The van der Waals surface area contributed by atoms with Crippen molar-refractivity contribution in [2.24, 2.45) is 0 Å². The number of rotatable bonds is 7. The van der Waals surface area contributed by atoms with Gasteiger partial charge in [-0.3, -0.25) is 9.48 Å². The van der Waals surface area contributed by atoms with Crippen molar-refractivity contribution in [3.63, 3.8) is 0 Å². The number of carbonyl (C=O) groups is 1. The first-order valence-electron chi connectivity index (χ1n) is 7.41. The molecular formula is C17H22N2O3. The molecule has 0 aliphatic carbocycles. The first-order valence-corrected chi connectivity index (χ1v) is 7.41. The minimum Gasteiger partial charge on any atom is -0.490 e. The third-order valence-corrected chi connectivity index (χ3v) is 3.24. The smallest absolute Gasteiger partial charge is 0.307 e. The van der Waals surface area contributed by atoms with Crippen LogP contribution in [0.3, 0.4) is 0 Å². The molecule has 0 spiro atoms. The zero-order valence-electron chi connectivity index (χ0n) is 13.3. The zero-order valence-corrected chi connectivity index (χ0v) is 13.3. The lowest BCUT2D eigenvalue weighted by Crippen LogP contribution is -2.15. The van der Waals surface area contributed by atoms with Gasteiger partial charge in [-0.05, 0) is 44.5 Å². The predicted molar refractivity (Wildman–Crippen MR) is 84.0 cm³/mol. The van der Waals surface area contributed by atoms with Gasteiger partial charge in [-0.25, -0.2) is 0 Å². The van der Waals surface area contributed by atoms with E-state index in [9.17, 15) is 4.79 Å². The first kappa shape index (κ1) is 16.1. The third kappa shape index (κ3) is 4.91. The number of nitrogens with zero attached hydrogens (tertiary/aromatic N) is 2. The van der Waals surface area contributed by atoms with E-state index in [-0.39, 0.29) is 12.6 Å². The van der Waals surface area contributed by atoms with E-state index in [2.05, 4.69) is 5.10 Å². The predicted octanol–water partition coefficient (Wildman–Crippen LogP) is 2.82. The fraction of sp³-hybridized carbons (Fsp3) is 0.412. The highest BCUT2D eigenvalue weighted by atomic mass is 16.6. The molecule has 0 radical (unpaired) electrons. The molecule has 0 N–H and O–H groups in total. The Kier molecular flexibility index (Phi) is 5.58. The molecule has 2 aromatic rings. The molecule has 0 aliphatic rings. The summed E-state index contributed by atoms with van der Waals surface area (Å²) in [4.78, 5) is 11.7. The third-order valence-electron chi connectivity index (χ3n) is 3.24. The molecule has 0 atom stereocenters. The van der Waals surface area contributed by atoms with Gasteiger partial charge in [0, 0.05) is 5.69 Å². The second-order valence-electron chi connectivity index (χ2n) is 5.29. The molecule has 0 saturated heterocycles. The number of aryl methyl sites for hydroxylation is 4. The Morgan fingerprint density at radius 2 is 2.00 bits per heavy atom. The maximum atomic E-state index is 11.7. The molecule has 118 valence electrons. The zero-order chi connectivity index (χ0) is 15.9. The molecule has 0 saturated carbocycles. The van der Waals surface area contributed by atoms with Gasteiger partial charge in [0.2, 0.25) is 0 Å². The van der Waals surface area contributed by atoms with Gasteiger partial charge < -0.3 is 9.47 Å². The molecule has 5 heteroatoms. The molecule has 1 heterocycles. The van der Waals surface area contributed by atoms with Crippen LogP contribution in [0.2, 0.25) is 0 Å². The van der Waals surface area contributed by atoms with Crippen LogP contribution in [0.15, 0.2) is 30.3 Å². The van der Waals surface area contributed by atoms with Crippen molar-refractivity contribution < 1.29 is 14.3 Å². The Labute approximate surface area is 130 Å². The molecule has 0 bridgehead atoms. The number of hydrogen-bond donors (Lipinski definition) is 0.